The van der Waals surface area contributed by atoms with E-state index in [0.717, 1.165) is 13.0 Å². The maximum absolute atomic E-state index is 4.90. The van der Waals surface area contributed by atoms with Crippen molar-refractivity contribution in [2.45, 2.75) is 20.3 Å². The van der Waals surface area contributed by atoms with Crippen molar-refractivity contribution < 1.29 is 4.74 Å². The summed E-state index contributed by atoms with van der Waals surface area (Å²) in [7, 11) is 1.72. The van der Waals surface area contributed by atoms with Gasteiger partial charge in [0, 0.05) is 13.7 Å². The van der Waals surface area contributed by atoms with E-state index in [9.17, 15) is 0 Å². The highest BCUT2D eigenvalue weighted by Crippen LogP contribution is 2.09. The van der Waals surface area contributed by atoms with Crippen LogP contribution in [0.2, 0.25) is 0 Å². The van der Waals surface area contributed by atoms with E-state index in [-0.39, 0.29) is 0 Å². The van der Waals surface area contributed by atoms with Crippen molar-refractivity contribution in [3.63, 3.8) is 0 Å². The monoisotopic (exact) mass is 128 g/mol. The Bertz CT molecular complexity index is 84.6. The van der Waals surface area contributed by atoms with E-state index in [2.05, 4.69) is 20.4 Å². The highest BCUT2D eigenvalue weighted by atomic mass is 16.5. The summed E-state index contributed by atoms with van der Waals surface area (Å²) in [4.78, 5) is 0. The second-order valence-electron chi connectivity index (χ2n) is 2.56. The number of hydrogen-bond donors (Lipinski definition) is 0. The zero-order valence-electron chi connectivity index (χ0n) is 6.61. The van der Waals surface area contributed by atoms with E-state index in [1.807, 2.05) is 0 Å². The van der Waals surface area contributed by atoms with Crippen molar-refractivity contribution in [2.75, 3.05) is 13.7 Å². The van der Waals surface area contributed by atoms with E-state index in [4.69, 9.17) is 4.74 Å². The number of rotatable bonds is 4. The van der Waals surface area contributed by atoms with Crippen LogP contribution in [0.1, 0.15) is 20.3 Å². The average molecular weight is 128 g/mol. The molecule has 0 N–H and O–H groups in total. The zero-order chi connectivity index (χ0) is 7.28. The maximum Gasteiger partial charge on any atom is 0.0499 e. The molecule has 0 aromatic carbocycles. The quantitative estimate of drug-likeness (QED) is 0.527. The van der Waals surface area contributed by atoms with Crippen molar-refractivity contribution >= 4 is 0 Å². The third-order valence-electron chi connectivity index (χ3n) is 1.44. The first-order chi connectivity index (χ1) is 4.18. The largest absolute Gasteiger partial charge is 0.384 e. The van der Waals surface area contributed by atoms with E-state index < -0.39 is 0 Å². The first kappa shape index (κ1) is 8.70. The topological polar surface area (TPSA) is 9.23 Å². The van der Waals surface area contributed by atoms with Gasteiger partial charge in [0.05, 0.1) is 0 Å². The molecule has 0 aromatic rings. The van der Waals surface area contributed by atoms with Crippen LogP contribution in [0, 0.1) is 5.92 Å². The molecule has 0 aliphatic carbocycles. The van der Waals surface area contributed by atoms with Gasteiger partial charge in [-0.3, -0.25) is 0 Å². The van der Waals surface area contributed by atoms with Crippen LogP contribution in [0.4, 0.5) is 0 Å². The van der Waals surface area contributed by atoms with E-state index >= 15 is 0 Å². The van der Waals surface area contributed by atoms with Gasteiger partial charge >= 0.3 is 0 Å². The second-order valence-corrected chi connectivity index (χ2v) is 2.56. The summed E-state index contributed by atoms with van der Waals surface area (Å²) in [5.74, 6) is 0.597. The summed E-state index contributed by atoms with van der Waals surface area (Å²) in [6.45, 7) is 9.02. The summed E-state index contributed by atoms with van der Waals surface area (Å²) in [6, 6.07) is 0. The van der Waals surface area contributed by atoms with Crippen molar-refractivity contribution in [3.05, 3.63) is 12.2 Å². The van der Waals surface area contributed by atoms with Crippen LogP contribution < -0.4 is 0 Å². The molecule has 0 amide bonds. The molecule has 54 valence electrons. The number of hydrogen-bond acceptors (Lipinski definition) is 1. The normalized spacial score (nSPS) is 10.2. The Morgan fingerprint density at radius 3 is 2.44 bits per heavy atom. The molecule has 0 saturated carbocycles. The van der Waals surface area contributed by atoms with Crippen LogP contribution in [0.5, 0.6) is 0 Å². The van der Waals surface area contributed by atoms with Gasteiger partial charge in [0.25, 0.3) is 0 Å². The van der Waals surface area contributed by atoms with Gasteiger partial charge in [-0.15, -0.1) is 0 Å². The molecule has 0 spiro atoms. The van der Waals surface area contributed by atoms with Crippen molar-refractivity contribution in [1.82, 2.24) is 0 Å². The van der Waals surface area contributed by atoms with Crippen molar-refractivity contribution in [2.24, 2.45) is 5.92 Å². The Balaban J connectivity index is 3.28. The van der Waals surface area contributed by atoms with Gasteiger partial charge in [-0.2, -0.15) is 0 Å². The van der Waals surface area contributed by atoms with Crippen LogP contribution in [0.15, 0.2) is 12.2 Å². The lowest BCUT2D eigenvalue weighted by Crippen LogP contribution is -1.96. The van der Waals surface area contributed by atoms with Crippen LogP contribution in [-0.4, -0.2) is 13.7 Å². The Labute approximate surface area is 57.7 Å². The minimum absolute atomic E-state index is 0.597. The van der Waals surface area contributed by atoms with Crippen LogP contribution in [0.3, 0.4) is 0 Å². The molecule has 1 heteroatoms. The lowest BCUT2D eigenvalue weighted by molar-refractivity contribution is 0.200. The first-order valence-corrected chi connectivity index (χ1v) is 3.35. The molecule has 0 radical (unpaired) electrons. The Morgan fingerprint density at radius 1 is 1.56 bits per heavy atom. The van der Waals surface area contributed by atoms with Gasteiger partial charge in [-0.05, 0) is 12.3 Å². The second kappa shape index (κ2) is 4.57. The number of methoxy groups -OCH3 is 1. The third-order valence-corrected chi connectivity index (χ3v) is 1.44. The van der Waals surface area contributed by atoms with Crippen molar-refractivity contribution in [1.29, 1.82) is 0 Å². The molecular weight excluding hydrogens is 112 g/mol. The Kier molecular flexibility index (Phi) is 4.41. The molecule has 0 saturated heterocycles. The summed E-state index contributed by atoms with van der Waals surface area (Å²) >= 11 is 0. The van der Waals surface area contributed by atoms with Gasteiger partial charge in [0.15, 0.2) is 0 Å². The molecule has 0 aliphatic heterocycles. The Hall–Kier alpha value is -0.300. The molecule has 0 heterocycles. The maximum atomic E-state index is 4.90. The SMILES string of the molecule is C=C(CCOC)C(C)C. The molecule has 0 fully saturated rings. The number of ether oxygens (including phenoxy) is 1. The van der Waals surface area contributed by atoms with Gasteiger partial charge in [-0.25, -0.2) is 0 Å². The predicted molar refractivity (Wildman–Crippen MR) is 40.5 cm³/mol. The molecule has 0 unspecified atom stereocenters. The summed E-state index contributed by atoms with van der Waals surface area (Å²) in [5, 5.41) is 0. The average Bonchev–Trinajstić information content (AvgIpc) is 1.82. The van der Waals surface area contributed by atoms with E-state index in [1.54, 1.807) is 7.11 Å². The highest BCUT2D eigenvalue weighted by molar-refractivity contribution is 4.96. The molecule has 0 bridgehead atoms. The van der Waals surface area contributed by atoms with E-state index in [0.29, 0.717) is 5.92 Å². The van der Waals surface area contributed by atoms with Gasteiger partial charge in [-0.1, -0.05) is 26.0 Å². The first-order valence-electron chi connectivity index (χ1n) is 3.35. The molecule has 0 aromatic heterocycles. The zero-order valence-corrected chi connectivity index (χ0v) is 6.61. The predicted octanol–water partition coefficient (Wildman–Crippen LogP) is 2.24. The third kappa shape index (κ3) is 4.22. The lowest BCUT2D eigenvalue weighted by atomic mass is 10.0. The molecular formula is C8H16O. The Morgan fingerprint density at radius 2 is 2.11 bits per heavy atom. The van der Waals surface area contributed by atoms with Crippen LogP contribution in [-0.2, 0) is 4.74 Å². The summed E-state index contributed by atoms with van der Waals surface area (Å²) in [6.07, 6.45) is 0.994. The lowest BCUT2D eigenvalue weighted by Gasteiger charge is -2.07. The van der Waals surface area contributed by atoms with Crippen LogP contribution >= 0.6 is 0 Å². The molecule has 0 aliphatic rings. The van der Waals surface area contributed by atoms with Crippen LogP contribution in [0.25, 0.3) is 0 Å². The fourth-order valence-electron chi connectivity index (χ4n) is 0.522. The van der Waals surface area contributed by atoms with E-state index in [1.165, 1.54) is 5.57 Å². The molecule has 0 atom stereocenters. The standard InChI is InChI=1S/C8H16O/c1-7(2)8(3)5-6-9-4/h7H,3,5-6H2,1-2,4H3. The summed E-state index contributed by atoms with van der Waals surface area (Å²) < 4.78 is 4.90. The summed E-state index contributed by atoms with van der Waals surface area (Å²) in [5.41, 5.74) is 1.27. The highest BCUT2D eigenvalue weighted by Gasteiger charge is 1.97. The molecule has 9 heavy (non-hydrogen) atoms. The smallest absolute Gasteiger partial charge is 0.0499 e. The molecule has 0 rings (SSSR count). The van der Waals surface area contributed by atoms with Gasteiger partial charge < -0.3 is 4.74 Å². The van der Waals surface area contributed by atoms with Crippen molar-refractivity contribution in [3.8, 4) is 0 Å². The fourth-order valence-corrected chi connectivity index (χ4v) is 0.522. The van der Waals surface area contributed by atoms with Gasteiger partial charge in [0.2, 0.25) is 0 Å². The minimum atomic E-state index is 0.597. The van der Waals surface area contributed by atoms with Gasteiger partial charge in [0.1, 0.15) is 0 Å². The minimum Gasteiger partial charge on any atom is -0.384 e. The fraction of sp³-hybridized carbons (Fsp3) is 0.750. The molecule has 1 nitrogen and oxygen atoms in total.